The Bertz CT molecular complexity index is 691. The number of nitrogens with one attached hydrogen (secondary N) is 1. The van der Waals surface area contributed by atoms with Crippen molar-refractivity contribution >= 4 is 11.6 Å². The molecule has 20 heavy (non-hydrogen) atoms. The fourth-order valence-corrected chi connectivity index (χ4v) is 1.83. The largest absolute Gasteiger partial charge is 0.322 e. The second-order valence-corrected chi connectivity index (χ2v) is 4.21. The first-order chi connectivity index (χ1) is 9.83. The normalized spacial score (nSPS) is 10.2. The van der Waals surface area contributed by atoms with E-state index in [1.165, 1.54) is 6.33 Å². The van der Waals surface area contributed by atoms with E-state index in [1.807, 2.05) is 42.5 Å². The van der Waals surface area contributed by atoms with Crippen LogP contribution in [0, 0.1) is 0 Å². The summed E-state index contributed by atoms with van der Waals surface area (Å²) >= 11 is 0. The molecule has 0 aliphatic heterocycles. The Morgan fingerprint density at radius 3 is 2.40 bits per heavy atom. The van der Waals surface area contributed by atoms with Gasteiger partial charge in [0.05, 0.1) is 5.69 Å². The minimum absolute atomic E-state index is 0.138. The number of benzene rings is 2. The van der Waals surface area contributed by atoms with Gasteiger partial charge in [0.25, 0.3) is 5.91 Å². The number of nitrogens with zero attached hydrogens (tertiary/aromatic N) is 3. The lowest BCUT2D eigenvalue weighted by Gasteiger charge is -2.06. The first-order valence-corrected chi connectivity index (χ1v) is 6.14. The van der Waals surface area contributed by atoms with Gasteiger partial charge in [0, 0.05) is 11.3 Å². The van der Waals surface area contributed by atoms with Crippen molar-refractivity contribution < 1.29 is 4.79 Å². The first kappa shape index (κ1) is 12.1. The molecule has 0 fully saturated rings. The highest BCUT2D eigenvalue weighted by atomic mass is 16.1. The van der Waals surface area contributed by atoms with Gasteiger partial charge in [0.15, 0.2) is 0 Å². The third-order valence-corrected chi connectivity index (χ3v) is 2.84. The zero-order valence-electron chi connectivity index (χ0n) is 10.6. The van der Waals surface area contributed by atoms with Crippen LogP contribution >= 0.6 is 0 Å². The topological polar surface area (TPSA) is 59.8 Å². The van der Waals surface area contributed by atoms with E-state index in [1.54, 1.807) is 23.1 Å². The summed E-state index contributed by atoms with van der Waals surface area (Å²) in [4.78, 5) is 16.0. The lowest BCUT2D eigenvalue weighted by atomic mass is 10.2. The third-order valence-electron chi connectivity index (χ3n) is 2.84. The molecule has 1 aromatic heterocycles. The summed E-state index contributed by atoms with van der Waals surface area (Å²) < 4.78 is 1.64. The molecule has 3 rings (SSSR count). The summed E-state index contributed by atoms with van der Waals surface area (Å²) in [5.41, 5.74) is 2.23. The Balaban J connectivity index is 1.76. The number of hydrogen-bond donors (Lipinski definition) is 1. The number of carbonyl (C=O) groups excluding carboxylic acids is 1. The molecule has 5 heteroatoms. The molecule has 98 valence electrons. The standard InChI is InChI=1S/C15H12N4O/c20-15(18-13-4-2-1-3-5-13)12-6-8-14(9-7-12)19-11-16-10-17-19/h1-11H,(H,18,20). The second kappa shape index (κ2) is 5.36. The van der Waals surface area contributed by atoms with Gasteiger partial charge >= 0.3 is 0 Å². The van der Waals surface area contributed by atoms with Gasteiger partial charge < -0.3 is 5.32 Å². The fraction of sp³-hybridized carbons (Fsp3) is 0. The number of amides is 1. The molecule has 0 unspecified atom stereocenters. The van der Waals surface area contributed by atoms with E-state index in [9.17, 15) is 4.79 Å². The molecule has 3 aromatic rings. The van der Waals surface area contributed by atoms with E-state index in [0.29, 0.717) is 5.56 Å². The number of hydrogen-bond acceptors (Lipinski definition) is 3. The van der Waals surface area contributed by atoms with Crippen molar-refractivity contribution in [1.29, 1.82) is 0 Å². The molecule has 0 atom stereocenters. The van der Waals surface area contributed by atoms with Crippen LogP contribution in [0.5, 0.6) is 0 Å². The SMILES string of the molecule is O=C(Nc1ccccc1)c1ccc(-n2cncn2)cc1. The van der Waals surface area contributed by atoms with Gasteiger partial charge in [-0.25, -0.2) is 9.67 Å². The number of rotatable bonds is 3. The molecule has 0 radical (unpaired) electrons. The van der Waals surface area contributed by atoms with Crippen molar-refractivity contribution in [3.8, 4) is 5.69 Å². The molecule has 1 amide bonds. The van der Waals surface area contributed by atoms with Crippen molar-refractivity contribution in [2.75, 3.05) is 5.32 Å². The Kier molecular flexibility index (Phi) is 3.24. The van der Waals surface area contributed by atoms with Gasteiger partial charge in [-0.05, 0) is 36.4 Å². The summed E-state index contributed by atoms with van der Waals surface area (Å²) in [5, 5.41) is 6.87. The maximum atomic E-state index is 12.1. The van der Waals surface area contributed by atoms with E-state index in [-0.39, 0.29) is 5.91 Å². The summed E-state index contributed by atoms with van der Waals surface area (Å²) in [6, 6.07) is 16.5. The summed E-state index contributed by atoms with van der Waals surface area (Å²) in [6.45, 7) is 0. The average Bonchev–Trinajstić information content (AvgIpc) is 3.03. The molecule has 0 aliphatic carbocycles. The number of para-hydroxylation sites is 1. The molecular formula is C15H12N4O. The Morgan fingerprint density at radius 2 is 1.75 bits per heavy atom. The maximum Gasteiger partial charge on any atom is 0.255 e. The number of aromatic nitrogens is 3. The zero-order chi connectivity index (χ0) is 13.8. The van der Waals surface area contributed by atoms with Crippen LogP contribution in [-0.2, 0) is 0 Å². The van der Waals surface area contributed by atoms with Crippen LogP contribution in [0.2, 0.25) is 0 Å². The van der Waals surface area contributed by atoms with Gasteiger partial charge in [-0.2, -0.15) is 5.10 Å². The van der Waals surface area contributed by atoms with Crippen LogP contribution in [-0.4, -0.2) is 20.7 Å². The average molecular weight is 264 g/mol. The molecule has 0 spiro atoms. The fourth-order valence-electron chi connectivity index (χ4n) is 1.83. The van der Waals surface area contributed by atoms with E-state index in [4.69, 9.17) is 0 Å². The highest BCUT2D eigenvalue weighted by Crippen LogP contribution is 2.11. The van der Waals surface area contributed by atoms with Crippen LogP contribution in [0.1, 0.15) is 10.4 Å². The maximum absolute atomic E-state index is 12.1. The van der Waals surface area contributed by atoms with E-state index in [2.05, 4.69) is 15.4 Å². The van der Waals surface area contributed by atoms with Gasteiger partial charge in [-0.3, -0.25) is 4.79 Å². The van der Waals surface area contributed by atoms with Crippen molar-refractivity contribution in [3.05, 3.63) is 72.8 Å². The molecule has 5 nitrogen and oxygen atoms in total. The highest BCUT2D eigenvalue weighted by molar-refractivity contribution is 6.04. The van der Waals surface area contributed by atoms with Crippen LogP contribution < -0.4 is 5.32 Å². The molecule has 1 N–H and O–H groups in total. The Morgan fingerprint density at radius 1 is 1.00 bits per heavy atom. The Hall–Kier alpha value is -2.95. The van der Waals surface area contributed by atoms with Crippen LogP contribution in [0.3, 0.4) is 0 Å². The van der Waals surface area contributed by atoms with Crippen LogP contribution in [0.15, 0.2) is 67.3 Å². The minimum Gasteiger partial charge on any atom is -0.322 e. The van der Waals surface area contributed by atoms with Crippen LogP contribution in [0.25, 0.3) is 5.69 Å². The van der Waals surface area contributed by atoms with Gasteiger partial charge in [-0.15, -0.1) is 0 Å². The predicted octanol–water partition coefficient (Wildman–Crippen LogP) is 2.52. The third kappa shape index (κ3) is 2.56. The summed E-state index contributed by atoms with van der Waals surface area (Å²) in [7, 11) is 0. The lowest BCUT2D eigenvalue weighted by Crippen LogP contribution is -2.11. The first-order valence-electron chi connectivity index (χ1n) is 6.14. The molecule has 2 aromatic carbocycles. The van der Waals surface area contributed by atoms with Gasteiger partial charge in [0.1, 0.15) is 12.7 Å². The predicted molar refractivity (Wildman–Crippen MR) is 75.8 cm³/mol. The highest BCUT2D eigenvalue weighted by Gasteiger charge is 2.06. The molecular weight excluding hydrogens is 252 g/mol. The Labute approximate surface area is 115 Å². The van der Waals surface area contributed by atoms with E-state index >= 15 is 0 Å². The second-order valence-electron chi connectivity index (χ2n) is 4.21. The number of anilines is 1. The smallest absolute Gasteiger partial charge is 0.255 e. The molecule has 0 saturated heterocycles. The van der Waals surface area contributed by atoms with Crippen LogP contribution in [0.4, 0.5) is 5.69 Å². The van der Waals surface area contributed by atoms with Crippen molar-refractivity contribution in [2.45, 2.75) is 0 Å². The molecule has 1 heterocycles. The molecule has 0 aliphatic rings. The quantitative estimate of drug-likeness (QED) is 0.790. The zero-order valence-corrected chi connectivity index (χ0v) is 10.6. The van der Waals surface area contributed by atoms with Crippen molar-refractivity contribution in [1.82, 2.24) is 14.8 Å². The van der Waals surface area contributed by atoms with E-state index in [0.717, 1.165) is 11.4 Å². The number of carbonyl (C=O) groups is 1. The summed E-state index contributed by atoms with van der Waals surface area (Å²) in [6.07, 6.45) is 3.08. The van der Waals surface area contributed by atoms with Crippen molar-refractivity contribution in [3.63, 3.8) is 0 Å². The lowest BCUT2D eigenvalue weighted by molar-refractivity contribution is 0.102. The molecule has 0 saturated carbocycles. The van der Waals surface area contributed by atoms with Crippen molar-refractivity contribution in [2.24, 2.45) is 0 Å². The van der Waals surface area contributed by atoms with Gasteiger partial charge in [-0.1, -0.05) is 18.2 Å². The summed E-state index contributed by atoms with van der Waals surface area (Å²) in [5.74, 6) is -0.138. The monoisotopic (exact) mass is 264 g/mol. The van der Waals surface area contributed by atoms with E-state index < -0.39 is 0 Å². The minimum atomic E-state index is -0.138. The van der Waals surface area contributed by atoms with Gasteiger partial charge in [0.2, 0.25) is 0 Å². The molecule has 0 bridgehead atoms.